The lowest BCUT2D eigenvalue weighted by atomic mass is 9.94. The molecule has 0 aliphatic carbocycles. The molecule has 1 atom stereocenters. The molecule has 1 aliphatic heterocycles. The Hall–Kier alpha value is -2.41. The van der Waals surface area contributed by atoms with Crippen LogP contribution in [0.15, 0.2) is 35.4 Å². The summed E-state index contributed by atoms with van der Waals surface area (Å²) in [6.07, 6.45) is 0.119. The van der Waals surface area contributed by atoms with Crippen LogP contribution in [0.5, 0.6) is 0 Å². The van der Waals surface area contributed by atoms with Crippen molar-refractivity contribution in [3.05, 3.63) is 35.9 Å². The van der Waals surface area contributed by atoms with Gasteiger partial charge in [-0.25, -0.2) is 9.59 Å². The number of ether oxygens (including phenoxy) is 2. The zero-order valence-corrected chi connectivity index (χ0v) is 12.6. The Morgan fingerprint density at radius 1 is 1.27 bits per heavy atom. The number of hydrogen-bond acceptors (Lipinski definition) is 7. The first kappa shape index (κ1) is 16.0. The molecule has 1 aromatic carbocycles. The molecule has 0 amide bonds. The van der Waals surface area contributed by atoms with E-state index < -0.39 is 17.5 Å². The summed E-state index contributed by atoms with van der Waals surface area (Å²) in [5.41, 5.74) is 2.90. The summed E-state index contributed by atoms with van der Waals surface area (Å²) in [5, 5.41) is 7.09. The van der Waals surface area contributed by atoms with Gasteiger partial charge < -0.3 is 14.8 Å². The number of nitrogens with one attached hydrogen (secondary N) is 2. The van der Waals surface area contributed by atoms with E-state index in [1.807, 2.05) is 30.3 Å². The average Bonchev–Trinajstić information content (AvgIpc) is 3.00. The molecule has 7 nitrogen and oxygen atoms in total. The molecule has 118 valence electrons. The highest BCUT2D eigenvalue weighted by Gasteiger charge is 2.46. The number of hydrogen-bond donors (Lipinski definition) is 2. The predicted molar refractivity (Wildman–Crippen MR) is 80.1 cm³/mol. The van der Waals surface area contributed by atoms with Crippen LogP contribution in [0.25, 0.3) is 0 Å². The highest BCUT2D eigenvalue weighted by atomic mass is 16.5. The van der Waals surface area contributed by atoms with E-state index in [4.69, 9.17) is 4.74 Å². The zero-order valence-electron chi connectivity index (χ0n) is 12.6. The number of nitrogens with zero attached hydrogens (tertiary/aromatic N) is 1. The second-order valence-corrected chi connectivity index (χ2v) is 5.00. The second kappa shape index (κ2) is 7.04. The summed E-state index contributed by atoms with van der Waals surface area (Å²) in [6.45, 7) is 0.868. The molecule has 1 heterocycles. The Bertz CT molecular complexity index is 573. The Labute approximate surface area is 128 Å². The van der Waals surface area contributed by atoms with E-state index in [0.717, 1.165) is 5.56 Å². The minimum Gasteiger partial charge on any atom is -0.467 e. The van der Waals surface area contributed by atoms with Gasteiger partial charge in [0.2, 0.25) is 0 Å². The fraction of sp³-hybridized carbons (Fsp3) is 0.400. The Morgan fingerprint density at radius 2 is 2.00 bits per heavy atom. The van der Waals surface area contributed by atoms with Crippen LogP contribution >= 0.6 is 0 Å². The van der Waals surface area contributed by atoms with Gasteiger partial charge in [0, 0.05) is 19.5 Å². The van der Waals surface area contributed by atoms with Crippen molar-refractivity contribution in [1.82, 2.24) is 10.7 Å². The lowest BCUT2D eigenvalue weighted by molar-refractivity contribution is -0.147. The molecule has 1 unspecified atom stereocenters. The first-order valence-corrected chi connectivity index (χ1v) is 6.86. The zero-order chi connectivity index (χ0) is 16.0. The van der Waals surface area contributed by atoms with Gasteiger partial charge in [0.15, 0.2) is 5.54 Å². The van der Waals surface area contributed by atoms with Crippen molar-refractivity contribution in [2.75, 3.05) is 20.8 Å². The molecule has 0 bridgehead atoms. The maximum atomic E-state index is 12.1. The van der Waals surface area contributed by atoms with Gasteiger partial charge in [0.1, 0.15) is 5.71 Å². The van der Waals surface area contributed by atoms with Gasteiger partial charge in [-0.05, 0) is 5.56 Å². The van der Waals surface area contributed by atoms with Crippen molar-refractivity contribution in [3.63, 3.8) is 0 Å². The largest absolute Gasteiger partial charge is 0.467 e. The summed E-state index contributed by atoms with van der Waals surface area (Å²) >= 11 is 0. The third kappa shape index (κ3) is 3.43. The topological polar surface area (TPSA) is 89.0 Å². The maximum Gasteiger partial charge on any atom is 0.354 e. The normalized spacial score (nSPS) is 20.0. The number of carbonyl (C=O) groups excluding carboxylic acids is 2. The van der Waals surface area contributed by atoms with E-state index in [-0.39, 0.29) is 18.7 Å². The molecule has 1 aromatic rings. The van der Waals surface area contributed by atoms with E-state index in [0.29, 0.717) is 6.54 Å². The summed E-state index contributed by atoms with van der Waals surface area (Å²) in [7, 11) is 2.58. The molecule has 2 N–H and O–H groups in total. The summed E-state index contributed by atoms with van der Waals surface area (Å²) in [6, 6.07) is 9.79. The van der Waals surface area contributed by atoms with Crippen LogP contribution in [0.2, 0.25) is 0 Å². The van der Waals surface area contributed by atoms with Crippen molar-refractivity contribution in [1.29, 1.82) is 0 Å². The molecule has 0 saturated heterocycles. The first-order chi connectivity index (χ1) is 10.6. The summed E-state index contributed by atoms with van der Waals surface area (Å²) in [5.74, 6) is -1.03. The fourth-order valence-corrected chi connectivity index (χ4v) is 2.28. The molecule has 1 aliphatic rings. The molecule has 22 heavy (non-hydrogen) atoms. The summed E-state index contributed by atoms with van der Waals surface area (Å²) in [4.78, 5) is 23.6. The van der Waals surface area contributed by atoms with Crippen LogP contribution in [-0.2, 0) is 25.6 Å². The predicted octanol–water partition coefficient (Wildman–Crippen LogP) is 0.210. The third-order valence-corrected chi connectivity index (χ3v) is 3.47. The van der Waals surface area contributed by atoms with Crippen molar-refractivity contribution >= 4 is 17.7 Å². The summed E-state index contributed by atoms with van der Waals surface area (Å²) < 4.78 is 9.47. The smallest absolute Gasteiger partial charge is 0.354 e. The fourth-order valence-electron chi connectivity index (χ4n) is 2.28. The number of carbonyl (C=O) groups is 2. The standard InChI is InChI=1S/C15H19N3O4/c1-21-13(19)12-8-15(18-17-12,14(20)22-2)10-16-9-11-6-4-3-5-7-11/h3-7,16,18H,8-10H2,1-2H3. The van der Waals surface area contributed by atoms with Gasteiger partial charge in [-0.3, -0.25) is 5.43 Å². The number of hydrazone groups is 1. The lowest BCUT2D eigenvalue weighted by Gasteiger charge is -2.26. The van der Waals surface area contributed by atoms with Crippen molar-refractivity contribution in [2.45, 2.75) is 18.5 Å². The molecular weight excluding hydrogens is 286 g/mol. The highest BCUT2D eigenvalue weighted by Crippen LogP contribution is 2.19. The quantitative estimate of drug-likeness (QED) is 0.730. The van der Waals surface area contributed by atoms with Gasteiger partial charge >= 0.3 is 11.9 Å². The van der Waals surface area contributed by atoms with E-state index in [1.165, 1.54) is 14.2 Å². The average molecular weight is 305 g/mol. The van der Waals surface area contributed by atoms with Gasteiger partial charge in [0.05, 0.1) is 14.2 Å². The van der Waals surface area contributed by atoms with Gasteiger partial charge in [-0.2, -0.15) is 5.10 Å². The molecule has 0 radical (unpaired) electrons. The van der Waals surface area contributed by atoms with E-state index in [9.17, 15) is 9.59 Å². The first-order valence-electron chi connectivity index (χ1n) is 6.86. The molecule has 2 rings (SSSR count). The van der Waals surface area contributed by atoms with E-state index >= 15 is 0 Å². The van der Waals surface area contributed by atoms with Crippen molar-refractivity contribution in [2.24, 2.45) is 5.10 Å². The number of esters is 2. The SMILES string of the molecule is COC(=O)C1=NNC(CNCc2ccccc2)(C(=O)OC)C1. The molecule has 0 fully saturated rings. The van der Waals surface area contributed by atoms with Crippen molar-refractivity contribution in [3.8, 4) is 0 Å². The Balaban J connectivity index is 1.99. The van der Waals surface area contributed by atoms with E-state index in [2.05, 4.69) is 20.6 Å². The molecular formula is C15H19N3O4. The minimum absolute atomic E-state index is 0.119. The van der Waals surface area contributed by atoms with Crippen LogP contribution in [0, 0.1) is 0 Å². The Kier molecular flexibility index (Phi) is 5.11. The van der Waals surface area contributed by atoms with Gasteiger partial charge in [-0.1, -0.05) is 30.3 Å². The molecule has 0 aromatic heterocycles. The number of methoxy groups -OCH3 is 2. The monoisotopic (exact) mass is 305 g/mol. The maximum absolute atomic E-state index is 12.1. The lowest BCUT2D eigenvalue weighted by Crippen LogP contribution is -2.55. The number of benzene rings is 1. The Morgan fingerprint density at radius 3 is 2.64 bits per heavy atom. The third-order valence-electron chi connectivity index (χ3n) is 3.47. The minimum atomic E-state index is -1.09. The van der Waals surface area contributed by atoms with Gasteiger partial charge in [0.25, 0.3) is 0 Å². The highest BCUT2D eigenvalue weighted by molar-refractivity contribution is 6.37. The van der Waals surface area contributed by atoms with Crippen molar-refractivity contribution < 1.29 is 19.1 Å². The molecule has 7 heteroatoms. The van der Waals surface area contributed by atoms with Gasteiger partial charge in [-0.15, -0.1) is 0 Å². The van der Waals surface area contributed by atoms with Crippen LogP contribution in [0.1, 0.15) is 12.0 Å². The van der Waals surface area contributed by atoms with Crippen LogP contribution in [-0.4, -0.2) is 44.0 Å². The van der Waals surface area contributed by atoms with Crippen LogP contribution in [0.3, 0.4) is 0 Å². The molecule has 0 spiro atoms. The van der Waals surface area contributed by atoms with Crippen LogP contribution < -0.4 is 10.7 Å². The number of rotatable bonds is 6. The molecule has 0 saturated carbocycles. The van der Waals surface area contributed by atoms with Crippen LogP contribution in [0.4, 0.5) is 0 Å². The second-order valence-electron chi connectivity index (χ2n) is 5.00. The van der Waals surface area contributed by atoms with E-state index in [1.54, 1.807) is 0 Å².